The molecule has 4 aromatic heterocycles. The lowest BCUT2D eigenvalue weighted by Gasteiger charge is -2.13. The number of ether oxygens (including phenoxy) is 1. The molecule has 0 radical (unpaired) electrons. The minimum absolute atomic E-state index is 0.00409. The van der Waals surface area contributed by atoms with Gasteiger partial charge in [-0.3, -0.25) is 9.36 Å². The Morgan fingerprint density at radius 2 is 1.79 bits per heavy atom. The van der Waals surface area contributed by atoms with E-state index in [1.54, 1.807) is 42.6 Å². The van der Waals surface area contributed by atoms with Gasteiger partial charge in [-0.2, -0.15) is 23.4 Å². The molecule has 4 heterocycles. The van der Waals surface area contributed by atoms with E-state index >= 15 is 0 Å². The van der Waals surface area contributed by atoms with Crippen LogP contribution in [0.5, 0.6) is 5.75 Å². The lowest BCUT2D eigenvalue weighted by molar-refractivity contribution is -0.137. The summed E-state index contributed by atoms with van der Waals surface area (Å²) in [6.07, 6.45) is -1.73. The molecule has 0 bridgehead atoms. The maximum absolute atomic E-state index is 13.7. The van der Waals surface area contributed by atoms with Crippen LogP contribution in [-0.4, -0.2) is 41.0 Å². The molecule has 10 nitrogen and oxygen atoms in total. The van der Waals surface area contributed by atoms with Gasteiger partial charge in [-0.25, -0.2) is 19.2 Å². The summed E-state index contributed by atoms with van der Waals surface area (Å²) >= 11 is 0. The fraction of sp³-hybridized carbons (Fsp3) is 0.115. The quantitative estimate of drug-likeness (QED) is 0.357. The standard InChI is InChI=1S/C26H19F3N8O2/c1-39-18-11-15(10-16(12-18)26(27,28)29)22-21-23(30)31-14-32-24(21)36(34-22)13-20-33-35-9-5-8-19(35)25(38)37(20)17-6-3-2-4-7-17/h2-12,14H,13H2,1H3,(H2,30,31,32). The molecule has 196 valence electrons. The molecule has 0 aliphatic carbocycles. The number of halogens is 3. The van der Waals surface area contributed by atoms with Crippen molar-refractivity contribution in [2.75, 3.05) is 12.8 Å². The van der Waals surface area contributed by atoms with Gasteiger partial charge in [0, 0.05) is 11.8 Å². The Bertz CT molecular complexity index is 1910. The van der Waals surface area contributed by atoms with E-state index in [1.807, 2.05) is 6.07 Å². The Labute approximate surface area is 217 Å². The highest BCUT2D eigenvalue weighted by atomic mass is 19.4. The van der Waals surface area contributed by atoms with Crippen molar-refractivity contribution in [1.82, 2.24) is 33.9 Å². The number of nitrogen functional groups attached to an aromatic ring is 1. The van der Waals surface area contributed by atoms with Gasteiger partial charge in [0.15, 0.2) is 11.5 Å². The van der Waals surface area contributed by atoms with Crippen LogP contribution >= 0.6 is 0 Å². The van der Waals surface area contributed by atoms with Gasteiger partial charge < -0.3 is 10.5 Å². The van der Waals surface area contributed by atoms with Crippen LogP contribution in [0.25, 0.3) is 33.5 Å². The van der Waals surface area contributed by atoms with Crippen molar-refractivity contribution in [2.24, 2.45) is 0 Å². The Kier molecular flexibility index (Phi) is 5.56. The molecular formula is C26H19F3N8O2. The van der Waals surface area contributed by atoms with Gasteiger partial charge in [0.2, 0.25) is 0 Å². The van der Waals surface area contributed by atoms with E-state index in [4.69, 9.17) is 10.5 Å². The molecule has 13 heteroatoms. The molecule has 0 fully saturated rings. The Hall–Kier alpha value is -5.20. The molecule has 0 saturated heterocycles. The van der Waals surface area contributed by atoms with E-state index in [0.717, 1.165) is 12.1 Å². The van der Waals surface area contributed by atoms with E-state index < -0.39 is 11.7 Å². The summed E-state index contributed by atoms with van der Waals surface area (Å²) in [5.74, 6) is 0.340. The second-order valence-corrected chi connectivity index (χ2v) is 8.64. The Balaban J connectivity index is 1.58. The average molecular weight is 532 g/mol. The molecule has 6 aromatic rings. The summed E-state index contributed by atoms with van der Waals surface area (Å²) < 4.78 is 50.4. The largest absolute Gasteiger partial charge is 0.497 e. The second-order valence-electron chi connectivity index (χ2n) is 8.64. The first-order chi connectivity index (χ1) is 18.7. The molecule has 0 aliphatic rings. The van der Waals surface area contributed by atoms with Gasteiger partial charge in [-0.15, -0.1) is 0 Å². The first-order valence-corrected chi connectivity index (χ1v) is 11.6. The third kappa shape index (κ3) is 4.13. The fourth-order valence-corrected chi connectivity index (χ4v) is 4.47. The summed E-state index contributed by atoms with van der Waals surface area (Å²) in [5.41, 5.74) is 6.41. The SMILES string of the molecule is COc1cc(-c2nn(Cc3nn4cccc4c(=O)n3-c3ccccc3)c3ncnc(N)c23)cc(C(F)(F)F)c1. The van der Waals surface area contributed by atoms with Crippen molar-refractivity contribution in [3.05, 3.63) is 94.9 Å². The number of alkyl halides is 3. The smallest absolute Gasteiger partial charge is 0.416 e. The van der Waals surface area contributed by atoms with Gasteiger partial charge >= 0.3 is 6.18 Å². The number of aromatic nitrogens is 7. The first kappa shape index (κ1) is 24.2. The highest BCUT2D eigenvalue weighted by Crippen LogP contribution is 2.38. The zero-order valence-electron chi connectivity index (χ0n) is 20.3. The summed E-state index contributed by atoms with van der Waals surface area (Å²) in [5, 5.41) is 9.48. The molecular weight excluding hydrogens is 513 g/mol. The van der Waals surface area contributed by atoms with Crippen LogP contribution in [0.3, 0.4) is 0 Å². The van der Waals surface area contributed by atoms with E-state index in [2.05, 4.69) is 20.2 Å². The van der Waals surface area contributed by atoms with Crippen LogP contribution in [0.2, 0.25) is 0 Å². The van der Waals surface area contributed by atoms with Crippen LogP contribution in [0.15, 0.2) is 78.0 Å². The Morgan fingerprint density at radius 3 is 2.54 bits per heavy atom. The summed E-state index contributed by atoms with van der Waals surface area (Å²) in [7, 11) is 1.28. The zero-order valence-corrected chi connectivity index (χ0v) is 20.3. The van der Waals surface area contributed by atoms with Crippen molar-refractivity contribution in [3.8, 4) is 22.7 Å². The van der Waals surface area contributed by atoms with E-state index in [0.29, 0.717) is 17.0 Å². The molecule has 0 spiro atoms. The lowest BCUT2D eigenvalue weighted by Crippen LogP contribution is -2.27. The zero-order chi connectivity index (χ0) is 27.3. The number of rotatable bonds is 5. The summed E-state index contributed by atoms with van der Waals surface area (Å²) in [6, 6.07) is 15.6. The number of nitrogens with two attached hydrogens (primary N) is 1. The van der Waals surface area contributed by atoms with Crippen LogP contribution in [-0.2, 0) is 12.7 Å². The van der Waals surface area contributed by atoms with Crippen LogP contribution < -0.4 is 16.0 Å². The van der Waals surface area contributed by atoms with Crippen LogP contribution in [0.4, 0.5) is 19.0 Å². The second kappa shape index (κ2) is 8.97. The molecule has 0 unspecified atom stereocenters. The number of benzene rings is 2. The highest BCUT2D eigenvalue weighted by Gasteiger charge is 2.32. The van der Waals surface area contributed by atoms with Gasteiger partial charge in [0.05, 0.1) is 23.7 Å². The maximum atomic E-state index is 13.7. The molecule has 0 amide bonds. The minimum atomic E-state index is -4.62. The number of methoxy groups -OCH3 is 1. The van der Waals surface area contributed by atoms with E-state index in [9.17, 15) is 18.0 Å². The molecule has 6 rings (SSSR count). The summed E-state index contributed by atoms with van der Waals surface area (Å²) in [4.78, 5) is 21.8. The van der Waals surface area contributed by atoms with Gasteiger partial charge in [0.25, 0.3) is 5.56 Å². The van der Waals surface area contributed by atoms with E-state index in [-0.39, 0.29) is 46.0 Å². The predicted octanol–water partition coefficient (Wildman–Crippen LogP) is 3.95. The van der Waals surface area contributed by atoms with Crippen molar-refractivity contribution in [2.45, 2.75) is 12.7 Å². The number of hydrogen-bond acceptors (Lipinski definition) is 7. The van der Waals surface area contributed by atoms with Gasteiger partial charge in [-0.05, 0) is 42.5 Å². The topological polar surface area (TPSA) is 118 Å². The van der Waals surface area contributed by atoms with Gasteiger partial charge in [0.1, 0.15) is 35.7 Å². The number of nitrogens with zero attached hydrogens (tertiary/aromatic N) is 7. The molecule has 2 aromatic carbocycles. The molecule has 39 heavy (non-hydrogen) atoms. The minimum Gasteiger partial charge on any atom is -0.497 e. The van der Waals surface area contributed by atoms with Crippen molar-refractivity contribution >= 4 is 22.4 Å². The average Bonchev–Trinajstić information content (AvgIpc) is 3.54. The van der Waals surface area contributed by atoms with Crippen LogP contribution in [0, 0.1) is 0 Å². The van der Waals surface area contributed by atoms with Crippen molar-refractivity contribution in [1.29, 1.82) is 0 Å². The summed E-state index contributed by atoms with van der Waals surface area (Å²) in [6.45, 7) is -0.0543. The maximum Gasteiger partial charge on any atom is 0.416 e. The normalized spacial score (nSPS) is 11.9. The van der Waals surface area contributed by atoms with Crippen LogP contribution in [0.1, 0.15) is 11.4 Å². The number of fused-ring (bicyclic) bond motifs is 2. The van der Waals surface area contributed by atoms with Crippen molar-refractivity contribution in [3.63, 3.8) is 0 Å². The fourth-order valence-electron chi connectivity index (χ4n) is 4.47. The van der Waals surface area contributed by atoms with Crippen molar-refractivity contribution < 1.29 is 17.9 Å². The van der Waals surface area contributed by atoms with E-state index in [1.165, 1.54) is 33.3 Å². The number of para-hydroxylation sites is 1. The van der Waals surface area contributed by atoms with Gasteiger partial charge in [-0.1, -0.05) is 18.2 Å². The highest BCUT2D eigenvalue weighted by molar-refractivity contribution is 5.98. The molecule has 0 atom stereocenters. The lowest BCUT2D eigenvalue weighted by atomic mass is 10.0. The number of hydrogen-bond donors (Lipinski definition) is 1. The predicted molar refractivity (Wildman–Crippen MR) is 137 cm³/mol. The molecule has 2 N–H and O–H groups in total. The monoisotopic (exact) mass is 532 g/mol. The number of anilines is 1. The first-order valence-electron chi connectivity index (χ1n) is 11.6. The Morgan fingerprint density at radius 1 is 1.00 bits per heavy atom. The third-order valence-electron chi connectivity index (χ3n) is 6.24. The molecule has 0 saturated carbocycles. The molecule has 0 aliphatic heterocycles. The third-order valence-corrected chi connectivity index (χ3v) is 6.24.